The molecule has 0 unspecified atom stereocenters. The van der Waals surface area contributed by atoms with Gasteiger partial charge in [0.25, 0.3) is 0 Å². The van der Waals surface area contributed by atoms with Gasteiger partial charge in [-0.1, -0.05) is 76.8 Å². The van der Waals surface area contributed by atoms with Crippen molar-refractivity contribution >= 4 is 40.6 Å². The van der Waals surface area contributed by atoms with E-state index >= 15 is 0 Å². The largest absolute Gasteiger partial charge is 0.497 e. The SMILES string of the molecule is COc1ccc(CSc2nnc(S[C@@H](C)C(=O)c3ccc(C)cc3)s2)cc1. The van der Waals surface area contributed by atoms with Crippen LogP contribution in [0.5, 0.6) is 5.75 Å². The van der Waals surface area contributed by atoms with E-state index in [0.717, 1.165) is 31.3 Å². The lowest BCUT2D eigenvalue weighted by Gasteiger charge is -2.08. The molecule has 0 fully saturated rings. The van der Waals surface area contributed by atoms with Crippen LogP contribution in [-0.2, 0) is 5.75 Å². The predicted octanol–water partition coefficient (Wildman–Crippen LogP) is 5.51. The summed E-state index contributed by atoms with van der Waals surface area (Å²) in [6.07, 6.45) is 0. The summed E-state index contributed by atoms with van der Waals surface area (Å²) in [6, 6.07) is 15.7. The molecule has 0 aliphatic carbocycles. The van der Waals surface area contributed by atoms with Gasteiger partial charge >= 0.3 is 0 Å². The first-order chi connectivity index (χ1) is 13.0. The molecule has 0 spiro atoms. The molecule has 1 aromatic heterocycles. The number of rotatable bonds is 8. The first kappa shape index (κ1) is 19.9. The van der Waals surface area contributed by atoms with Crippen LogP contribution >= 0.6 is 34.9 Å². The predicted molar refractivity (Wildman–Crippen MR) is 113 cm³/mol. The van der Waals surface area contributed by atoms with Gasteiger partial charge in [-0.3, -0.25) is 4.79 Å². The third-order valence-corrected chi connectivity index (χ3v) is 7.20. The normalized spacial score (nSPS) is 12.0. The fraction of sp³-hybridized carbons (Fsp3) is 0.250. The Morgan fingerprint density at radius 1 is 1.07 bits per heavy atom. The Kier molecular flexibility index (Phi) is 6.93. The number of nitrogens with zero attached hydrogens (tertiary/aromatic N) is 2. The molecule has 1 heterocycles. The zero-order valence-corrected chi connectivity index (χ0v) is 17.8. The summed E-state index contributed by atoms with van der Waals surface area (Å²) in [5, 5.41) is 8.27. The number of aromatic nitrogens is 2. The van der Waals surface area contributed by atoms with E-state index < -0.39 is 0 Å². The van der Waals surface area contributed by atoms with Crippen LogP contribution in [0, 0.1) is 6.92 Å². The van der Waals surface area contributed by atoms with Gasteiger partial charge in [-0.2, -0.15) is 0 Å². The van der Waals surface area contributed by atoms with E-state index in [-0.39, 0.29) is 11.0 Å². The highest BCUT2D eigenvalue weighted by Crippen LogP contribution is 2.33. The number of methoxy groups -OCH3 is 1. The minimum Gasteiger partial charge on any atom is -0.497 e. The molecular weight excluding hydrogens is 396 g/mol. The molecule has 0 saturated heterocycles. The monoisotopic (exact) mass is 416 g/mol. The number of hydrogen-bond donors (Lipinski definition) is 0. The highest BCUT2D eigenvalue weighted by atomic mass is 32.2. The number of hydrogen-bond acceptors (Lipinski definition) is 7. The Bertz CT molecular complexity index is 892. The quantitative estimate of drug-likeness (QED) is 0.356. The minimum atomic E-state index is -0.194. The molecule has 1 atom stereocenters. The number of carbonyl (C=O) groups excluding carboxylic acids is 1. The first-order valence-electron chi connectivity index (χ1n) is 8.42. The van der Waals surface area contributed by atoms with Crippen molar-refractivity contribution in [3.63, 3.8) is 0 Å². The third-order valence-electron chi connectivity index (χ3n) is 3.89. The second-order valence-electron chi connectivity index (χ2n) is 5.96. The zero-order chi connectivity index (χ0) is 19.2. The Morgan fingerprint density at radius 2 is 1.74 bits per heavy atom. The number of ketones is 1. The summed E-state index contributed by atoms with van der Waals surface area (Å²) >= 11 is 4.64. The number of Topliss-reactive ketones (excluding diaryl/α,β-unsaturated/α-hetero) is 1. The molecular formula is C20H20N2O2S3. The van der Waals surface area contributed by atoms with Crippen LogP contribution in [0.15, 0.2) is 57.2 Å². The Labute approximate surface area is 171 Å². The molecule has 0 aliphatic heterocycles. The fourth-order valence-electron chi connectivity index (χ4n) is 2.33. The third kappa shape index (κ3) is 5.57. The number of benzene rings is 2. The molecule has 140 valence electrons. The highest BCUT2D eigenvalue weighted by Gasteiger charge is 2.18. The number of aryl methyl sites for hydroxylation is 1. The van der Waals surface area contributed by atoms with Crippen molar-refractivity contribution in [2.45, 2.75) is 33.5 Å². The fourth-order valence-corrected chi connectivity index (χ4v) is 5.52. The summed E-state index contributed by atoms with van der Waals surface area (Å²) in [5.41, 5.74) is 3.09. The van der Waals surface area contributed by atoms with Crippen LogP contribution in [0.1, 0.15) is 28.4 Å². The van der Waals surface area contributed by atoms with Crippen molar-refractivity contribution < 1.29 is 9.53 Å². The van der Waals surface area contributed by atoms with Crippen molar-refractivity contribution in [3.05, 3.63) is 65.2 Å². The van der Waals surface area contributed by atoms with Gasteiger partial charge in [0.05, 0.1) is 12.4 Å². The van der Waals surface area contributed by atoms with Gasteiger partial charge in [0.2, 0.25) is 0 Å². The molecule has 3 aromatic rings. The first-order valence-corrected chi connectivity index (χ1v) is 11.1. The van der Waals surface area contributed by atoms with E-state index in [1.165, 1.54) is 28.7 Å². The Balaban J connectivity index is 1.55. The van der Waals surface area contributed by atoms with Crippen LogP contribution in [0.3, 0.4) is 0 Å². The lowest BCUT2D eigenvalue weighted by Crippen LogP contribution is -2.13. The average Bonchev–Trinajstić information content (AvgIpc) is 3.14. The molecule has 0 radical (unpaired) electrons. The highest BCUT2D eigenvalue weighted by molar-refractivity contribution is 8.03. The van der Waals surface area contributed by atoms with Crippen molar-refractivity contribution in [2.24, 2.45) is 0 Å². The van der Waals surface area contributed by atoms with Gasteiger partial charge in [0.15, 0.2) is 14.5 Å². The van der Waals surface area contributed by atoms with Crippen LogP contribution in [-0.4, -0.2) is 28.3 Å². The van der Waals surface area contributed by atoms with Gasteiger partial charge in [-0.25, -0.2) is 0 Å². The Morgan fingerprint density at radius 3 is 2.41 bits per heavy atom. The smallest absolute Gasteiger partial charge is 0.175 e. The summed E-state index contributed by atoms with van der Waals surface area (Å²) in [7, 11) is 1.66. The summed E-state index contributed by atoms with van der Waals surface area (Å²) in [5.74, 6) is 1.79. The molecule has 2 aromatic carbocycles. The van der Waals surface area contributed by atoms with Crippen molar-refractivity contribution in [1.29, 1.82) is 0 Å². The molecule has 0 bridgehead atoms. The maximum atomic E-state index is 12.6. The van der Waals surface area contributed by atoms with Gasteiger partial charge in [-0.15, -0.1) is 10.2 Å². The Hall–Kier alpha value is -1.83. The maximum absolute atomic E-state index is 12.6. The van der Waals surface area contributed by atoms with E-state index in [2.05, 4.69) is 10.2 Å². The van der Waals surface area contributed by atoms with Crippen LogP contribution in [0.25, 0.3) is 0 Å². The molecule has 0 amide bonds. The number of ether oxygens (including phenoxy) is 1. The van der Waals surface area contributed by atoms with Crippen LogP contribution < -0.4 is 4.74 Å². The van der Waals surface area contributed by atoms with Gasteiger partial charge in [0, 0.05) is 11.3 Å². The van der Waals surface area contributed by atoms with Crippen molar-refractivity contribution in [3.8, 4) is 5.75 Å². The average molecular weight is 417 g/mol. The number of thioether (sulfide) groups is 2. The topological polar surface area (TPSA) is 52.1 Å². The molecule has 0 aliphatic rings. The summed E-state index contributed by atoms with van der Waals surface area (Å²) in [6.45, 7) is 3.93. The number of carbonyl (C=O) groups is 1. The van der Waals surface area contributed by atoms with Crippen LogP contribution in [0.4, 0.5) is 0 Å². The molecule has 7 heteroatoms. The second-order valence-corrected chi connectivity index (χ2v) is 9.75. The van der Waals surface area contributed by atoms with Gasteiger partial charge in [0.1, 0.15) is 5.75 Å². The molecule has 27 heavy (non-hydrogen) atoms. The van der Waals surface area contributed by atoms with Crippen molar-refractivity contribution in [1.82, 2.24) is 10.2 Å². The van der Waals surface area contributed by atoms with Gasteiger partial charge < -0.3 is 4.74 Å². The minimum absolute atomic E-state index is 0.114. The molecule has 3 rings (SSSR count). The lowest BCUT2D eigenvalue weighted by molar-refractivity contribution is 0.0994. The van der Waals surface area contributed by atoms with E-state index in [1.54, 1.807) is 18.9 Å². The summed E-state index contributed by atoms with van der Waals surface area (Å²) < 4.78 is 6.90. The summed E-state index contributed by atoms with van der Waals surface area (Å²) in [4.78, 5) is 12.6. The molecule has 0 N–H and O–H groups in total. The van der Waals surface area contributed by atoms with E-state index in [4.69, 9.17) is 4.74 Å². The van der Waals surface area contributed by atoms with E-state index in [1.807, 2.05) is 62.4 Å². The molecule has 4 nitrogen and oxygen atoms in total. The van der Waals surface area contributed by atoms with E-state index in [0.29, 0.717) is 0 Å². The van der Waals surface area contributed by atoms with Crippen LogP contribution in [0.2, 0.25) is 0 Å². The standard InChI is InChI=1S/C20H20N2O2S3/c1-13-4-8-16(9-5-13)18(23)14(2)26-20-22-21-19(27-20)25-12-15-6-10-17(24-3)11-7-15/h4-11,14H,12H2,1-3H3/t14-/m0/s1. The van der Waals surface area contributed by atoms with Gasteiger partial charge in [-0.05, 0) is 31.5 Å². The van der Waals surface area contributed by atoms with E-state index in [9.17, 15) is 4.79 Å². The molecule has 0 saturated carbocycles. The lowest BCUT2D eigenvalue weighted by atomic mass is 10.1. The maximum Gasteiger partial charge on any atom is 0.175 e. The van der Waals surface area contributed by atoms with Crippen molar-refractivity contribution in [2.75, 3.05) is 7.11 Å². The second kappa shape index (κ2) is 9.39. The zero-order valence-electron chi connectivity index (χ0n) is 15.3.